The number of aryl methyl sites for hydroxylation is 1. The van der Waals surface area contributed by atoms with Crippen LogP contribution in [0.25, 0.3) is 5.69 Å². The molecule has 1 saturated heterocycles. The molecule has 2 aromatic heterocycles. The number of hydrogen-bond donors (Lipinski definition) is 1. The number of pyridine rings is 1. The van der Waals surface area contributed by atoms with Crippen LogP contribution in [0.15, 0.2) is 18.6 Å². The zero-order valence-electron chi connectivity index (χ0n) is 11.3. The van der Waals surface area contributed by atoms with Gasteiger partial charge in [-0.2, -0.15) is 0 Å². The second-order valence-corrected chi connectivity index (χ2v) is 4.75. The fraction of sp³-hybridized carbons (Fsp3) is 0.462. The first-order valence-corrected chi connectivity index (χ1v) is 6.62. The Balaban J connectivity index is 1.95. The Morgan fingerprint density at radius 2 is 2.20 bits per heavy atom. The smallest absolute Gasteiger partial charge is 0.165 e. The van der Waals surface area contributed by atoms with Gasteiger partial charge < -0.3 is 15.2 Å². The van der Waals surface area contributed by atoms with Gasteiger partial charge >= 0.3 is 0 Å². The Labute approximate surface area is 116 Å². The van der Waals surface area contributed by atoms with E-state index in [1.54, 1.807) is 23.3 Å². The number of rotatable bonds is 3. The number of nitrogen functional groups attached to an aromatic ring is 1. The highest BCUT2D eigenvalue weighted by Crippen LogP contribution is 2.31. The molecule has 7 heteroatoms. The van der Waals surface area contributed by atoms with Crippen LogP contribution < -0.4 is 10.5 Å². The Hall–Kier alpha value is -2.15. The van der Waals surface area contributed by atoms with Crippen molar-refractivity contribution in [2.75, 3.05) is 18.9 Å². The molecule has 2 N–H and O–H groups in total. The van der Waals surface area contributed by atoms with Gasteiger partial charge in [0, 0.05) is 12.8 Å². The number of ether oxygens (including phenoxy) is 2. The van der Waals surface area contributed by atoms with Crippen LogP contribution in [-0.2, 0) is 4.74 Å². The molecule has 1 aliphatic heterocycles. The van der Waals surface area contributed by atoms with Crippen LogP contribution >= 0.6 is 0 Å². The summed E-state index contributed by atoms with van der Waals surface area (Å²) < 4.78 is 13.0. The van der Waals surface area contributed by atoms with Gasteiger partial charge in [-0.1, -0.05) is 5.21 Å². The van der Waals surface area contributed by atoms with Crippen LogP contribution in [-0.4, -0.2) is 39.3 Å². The van der Waals surface area contributed by atoms with Crippen LogP contribution in [0.3, 0.4) is 0 Å². The van der Waals surface area contributed by atoms with Crippen molar-refractivity contribution in [2.45, 2.75) is 25.9 Å². The maximum Gasteiger partial charge on any atom is 0.165 e. The van der Waals surface area contributed by atoms with Crippen molar-refractivity contribution in [2.24, 2.45) is 0 Å². The summed E-state index contributed by atoms with van der Waals surface area (Å²) in [5.41, 5.74) is 8.12. The van der Waals surface area contributed by atoms with Crippen LogP contribution in [0.2, 0.25) is 0 Å². The molecule has 0 aromatic carbocycles. The summed E-state index contributed by atoms with van der Waals surface area (Å²) in [5, 5.41) is 7.82. The van der Waals surface area contributed by atoms with E-state index in [1.807, 2.05) is 6.92 Å². The fourth-order valence-corrected chi connectivity index (χ4v) is 2.21. The van der Waals surface area contributed by atoms with E-state index in [9.17, 15) is 0 Å². The van der Waals surface area contributed by atoms with Gasteiger partial charge in [-0.15, -0.1) is 5.10 Å². The molecular weight excluding hydrogens is 258 g/mol. The van der Waals surface area contributed by atoms with E-state index in [2.05, 4.69) is 15.3 Å². The van der Waals surface area contributed by atoms with Gasteiger partial charge in [0.2, 0.25) is 0 Å². The highest BCUT2D eigenvalue weighted by Gasteiger charge is 2.20. The summed E-state index contributed by atoms with van der Waals surface area (Å²) >= 11 is 0. The van der Waals surface area contributed by atoms with E-state index in [-0.39, 0.29) is 6.10 Å². The summed E-state index contributed by atoms with van der Waals surface area (Å²) in [4.78, 5) is 4.27. The molecular formula is C13H17N5O2. The number of anilines is 1. The molecule has 0 spiro atoms. The molecule has 0 unspecified atom stereocenters. The monoisotopic (exact) mass is 275 g/mol. The zero-order valence-corrected chi connectivity index (χ0v) is 11.3. The molecule has 0 aliphatic carbocycles. The van der Waals surface area contributed by atoms with Crippen LogP contribution in [0.4, 0.5) is 5.69 Å². The lowest BCUT2D eigenvalue weighted by Crippen LogP contribution is -2.26. The largest absolute Gasteiger partial charge is 0.486 e. The minimum atomic E-state index is 0.120. The van der Waals surface area contributed by atoms with Crippen molar-refractivity contribution >= 4 is 5.69 Å². The van der Waals surface area contributed by atoms with Crippen LogP contribution in [0.1, 0.15) is 18.5 Å². The van der Waals surface area contributed by atoms with Crippen molar-refractivity contribution in [3.05, 3.63) is 24.3 Å². The van der Waals surface area contributed by atoms with Crippen molar-refractivity contribution in [3.8, 4) is 11.4 Å². The topological polar surface area (TPSA) is 88.1 Å². The van der Waals surface area contributed by atoms with Gasteiger partial charge in [-0.05, 0) is 6.92 Å². The molecule has 0 bridgehead atoms. The predicted octanol–water partition coefficient (Wildman–Crippen LogP) is 1.11. The second kappa shape index (κ2) is 5.46. The summed E-state index contributed by atoms with van der Waals surface area (Å²) in [6.45, 7) is 3.30. The third-order valence-corrected chi connectivity index (χ3v) is 3.37. The Kier molecular flexibility index (Phi) is 3.51. The standard InChI is InChI=1S/C13H17N5O2/c1-9-12(14)13(18-5-4-16-17-18)11(8-15-9)20-10-2-6-19-7-3-10/h4-5,8,10H,2-3,6-7,14H2,1H3. The maximum absolute atomic E-state index is 6.12. The molecule has 0 amide bonds. The van der Waals surface area contributed by atoms with E-state index >= 15 is 0 Å². The fourth-order valence-electron chi connectivity index (χ4n) is 2.21. The molecule has 0 atom stereocenters. The second-order valence-electron chi connectivity index (χ2n) is 4.75. The highest BCUT2D eigenvalue weighted by atomic mass is 16.5. The van der Waals surface area contributed by atoms with Crippen molar-refractivity contribution in [3.63, 3.8) is 0 Å². The molecule has 0 saturated carbocycles. The van der Waals surface area contributed by atoms with Gasteiger partial charge in [-0.3, -0.25) is 4.98 Å². The van der Waals surface area contributed by atoms with Gasteiger partial charge in [-0.25, -0.2) is 4.68 Å². The zero-order chi connectivity index (χ0) is 13.9. The molecule has 3 heterocycles. The molecule has 3 rings (SSSR count). The lowest BCUT2D eigenvalue weighted by Gasteiger charge is -2.24. The van der Waals surface area contributed by atoms with Gasteiger partial charge in [0.05, 0.1) is 43.2 Å². The van der Waals surface area contributed by atoms with Crippen LogP contribution in [0, 0.1) is 6.92 Å². The van der Waals surface area contributed by atoms with Gasteiger partial charge in [0.25, 0.3) is 0 Å². The number of aromatic nitrogens is 4. The third-order valence-electron chi connectivity index (χ3n) is 3.37. The molecule has 1 fully saturated rings. The lowest BCUT2D eigenvalue weighted by atomic mass is 10.1. The van der Waals surface area contributed by atoms with Crippen molar-refractivity contribution in [1.29, 1.82) is 0 Å². The summed E-state index contributed by atoms with van der Waals surface area (Å²) in [5.74, 6) is 0.630. The first-order chi connectivity index (χ1) is 9.75. The van der Waals surface area contributed by atoms with E-state index in [4.69, 9.17) is 15.2 Å². The maximum atomic E-state index is 6.12. The Morgan fingerprint density at radius 3 is 2.90 bits per heavy atom. The van der Waals surface area contributed by atoms with Crippen molar-refractivity contribution < 1.29 is 9.47 Å². The summed E-state index contributed by atoms with van der Waals surface area (Å²) in [6.07, 6.45) is 6.89. The number of nitrogens with two attached hydrogens (primary N) is 1. The molecule has 1 aliphatic rings. The molecule has 7 nitrogen and oxygen atoms in total. The SMILES string of the molecule is Cc1ncc(OC2CCOCC2)c(-n2ccnn2)c1N. The van der Waals surface area contributed by atoms with Crippen LogP contribution in [0.5, 0.6) is 5.75 Å². The first kappa shape index (κ1) is 12.9. The first-order valence-electron chi connectivity index (χ1n) is 6.62. The summed E-state index contributed by atoms with van der Waals surface area (Å²) in [7, 11) is 0. The van der Waals surface area contributed by atoms with Gasteiger partial charge in [0.1, 0.15) is 11.8 Å². The number of hydrogen-bond acceptors (Lipinski definition) is 6. The Bertz CT molecular complexity index is 579. The van der Waals surface area contributed by atoms with Gasteiger partial charge in [0.15, 0.2) is 5.75 Å². The normalized spacial score (nSPS) is 16.2. The lowest BCUT2D eigenvalue weighted by molar-refractivity contribution is 0.0254. The van der Waals surface area contributed by atoms with E-state index in [1.165, 1.54) is 0 Å². The highest BCUT2D eigenvalue weighted by molar-refractivity contribution is 5.66. The molecule has 106 valence electrons. The number of nitrogens with zero attached hydrogens (tertiary/aromatic N) is 4. The quantitative estimate of drug-likeness (QED) is 0.902. The van der Waals surface area contributed by atoms with Crippen molar-refractivity contribution in [1.82, 2.24) is 20.0 Å². The Morgan fingerprint density at radius 1 is 1.40 bits per heavy atom. The molecule has 20 heavy (non-hydrogen) atoms. The van der Waals surface area contributed by atoms with E-state index in [0.29, 0.717) is 17.1 Å². The molecule has 2 aromatic rings. The average Bonchev–Trinajstić information content (AvgIpc) is 2.98. The molecule has 0 radical (unpaired) electrons. The third kappa shape index (κ3) is 2.44. The minimum Gasteiger partial charge on any atom is -0.486 e. The van der Waals surface area contributed by atoms with E-state index in [0.717, 1.165) is 31.7 Å². The predicted molar refractivity (Wildman–Crippen MR) is 72.8 cm³/mol. The van der Waals surface area contributed by atoms with E-state index < -0.39 is 0 Å². The minimum absolute atomic E-state index is 0.120. The average molecular weight is 275 g/mol. The summed E-state index contributed by atoms with van der Waals surface area (Å²) in [6, 6.07) is 0.